The highest BCUT2D eigenvalue weighted by atomic mass is 32.1. The lowest BCUT2D eigenvalue weighted by atomic mass is 10.1. The van der Waals surface area contributed by atoms with E-state index in [-0.39, 0.29) is 17.0 Å². The highest BCUT2D eigenvalue weighted by Crippen LogP contribution is 2.21. The van der Waals surface area contributed by atoms with Gasteiger partial charge in [-0.05, 0) is 42.1 Å². The van der Waals surface area contributed by atoms with E-state index in [1.54, 1.807) is 35.6 Å². The number of aromatic nitrogens is 1. The molecule has 0 atom stereocenters. The maximum absolute atomic E-state index is 13.3. The number of aryl methyl sites for hydroxylation is 1. The van der Waals surface area contributed by atoms with Crippen molar-refractivity contribution in [3.63, 3.8) is 0 Å². The molecule has 3 heterocycles. The van der Waals surface area contributed by atoms with E-state index in [0.29, 0.717) is 30.1 Å². The third kappa shape index (κ3) is 4.04. The molecule has 0 bridgehead atoms. The number of pyridine rings is 1. The number of hydrogen-bond donors (Lipinski definition) is 0. The molecule has 30 heavy (non-hydrogen) atoms. The van der Waals surface area contributed by atoms with Crippen molar-refractivity contribution in [3.8, 4) is 11.4 Å². The maximum Gasteiger partial charge on any atom is 0.268 e. The fraction of sp³-hybridized carbons (Fsp3) is 0.304. The predicted molar refractivity (Wildman–Crippen MR) is 119 cm³/mol. The molecule has 1 aliphatic heterocycles. The number of ether oxygens (including phenoxy) is 1. The van der Waals surface area contributed by atoms with Crippen LogP contribution in [0, 0.1) is 6.92 Å². The van der Waals surface area contributed by atoms with E-state index < -0.39 is 0 Å². The number of para-hydroxylation sites is 2. The average molecular weight is 424 g/mol. The first-order valence-corrected chi connectivity index (χ1v) is 10.9. The summed E-state index contributed by atoms with van der Waals surface area (Å²) in [5.74, 6) is 0.390. The Balaban J connectivity index is 1.55. The van der Waals surface area contributed by atoms with Gasteiger partial charge in [0.25, 0.3) is 11.5 Å². The second-order valence-corrected chi connectivity index (χ2v) is 8.40. The zero-order chi connectivity index (χ0) is 21.1. The van der Waals surface area contributed by atoms with Gasteiger partial charge in [0.15, 0.2) is 0 Å². The van der Waals surface area contributed by atoms with Gasteiger partial charge in [-0.1, -0.05) is 18.2 Å². The molecule has 0 aliphatic carbocycles. The maximum atomic E-state index is 13.3. The number of methoxy groups -OCH3 is 1. The topological polar surface area (TPSA) is 54.8 Å². The van der Waals surface area contributed by atoms with Crippen molar-refractivity contribution in [1.29, 1.82) is 0 Å². The van der Waals surface area contributed by atoms with Gasteiger partial charge in [0.1, 0.15) is 11.3 Å². The van der Waals surface area contributed by atoms with Gasteiger partial charge in [-0.15, -0.1) is 11.3 Å². The van der Waals surface area contributed by atoms with Crippen molar-refractivity contribution in [2.75, 3.05) is 33.3 Å². The fourth-order valence-corrected chi connectivity index (χ4v) is 4.54. The van der Waals surface area contributed by atoms with E-state index in [1.165, 1.54) is 9.44 Å². The Bertz CT molecular complexity index is 1080. The summed E-state index contributed by atoms with van der Waals surface area (Å²) >= 11 is 1.75. The number of carbonyl (C=O) groups excluding carboxylic acids is 1. The number of carbonyl (C=O) groups is 1. The summed E-state index contributed by atoms with van der Waals surface area (Å²) in [6.45, 7) is 5.56. The Morgan fingerprint density at radius 1 is 1.07 bits per heavy atom. The first kappa shape index (κ1) is 20.4. The molecule has 1 aliphatic rings. The first-order chi connectivity index (χ1) is 14.6. The number of thiophene rings is 1. The minimum atomic E-state index is -0.314. The quantitative estimate of drug-likeness (QED) is 0.633. The smallest absolute Gasteiger partial charge is 0.268 e. The van der Waals surface area contributed by atoms with Crippen LogP contribution in [-0.4, -0.2) is 53.6 Å². The van der Waals surface area contributed by atoms with E-state index in [2.05, 4.69) is 22.4 Å². The standard InChI is InChI=1S/C23H25N3O3S/c1-17-9-10-26(19-7-3-4-8-20(19)29-2)23(28)21(17)22(27)25-13-11-24(12-14-25)16-18-6-5-15-30-18/h3-10,15H,11-14,16H2,1-2H3. The van der Waals surface area contributed by atoms with E-state index in [0.717, 1.165) is 19.6 Å². The van der Waals surface area contributed by atoms with Crippen LogP contribution in [0.1, 0.15) is 20.8 Å². The molecule has 0 saturated carbocycles. The van der Waals surface area contributed by atoms with Crippen molar-refractivity contribution in [2.24, 2.45) is 0 Å². The van der Waals surface area contributed by atoms with Crippen LogP contribution in [-0.2, 0) is 6.54 Å². The summed E-state index contributed by atoms with van der Waals surface area (Å²) in [5, 5.41) is 2.08. The van der Waals surface area contributed by atoms with Gasteiger partial charge >= 0.3 is 0 Å². The van der Waals surface area contributed by atoms with Crippen LogP contribution < -0.4 is 10.3 Å². The molecule has 4 rings (SSSR count). The van der Waals surface area contributed by atoms with Crippen molar-refractivity contribution in [1.82, 2.24) is 14.4 Å². The van der Waals surface area contributed by atoms with Crippen molar-refractivity contribution < 1.29 is 9.53 Å². The van der Waals surface area contributed by atoms with Crippen LogP contribution in [0.4, 0.5) is 0 Å². The van der Waals surface area contributed by atoms with Gasteiger partial charge in [-0.3, -0.25) is 19.1 Å². The molecule has 0 radical (unpaired) electrons. The molecule has 0 unspecified atom stereocenters. The fourth-order valence-electron chi connectivity index (χ4n) is 3.80. The van der Waals surface area contributed by atoms with Gasteiger partial charge < -0.3 is 9.64 Å². The summed E-state index contributed by atoms with van der Waals surface area (Å²) in [5.41, 5.74) is 1.23. The van der Waals surface area contributed by atoms with Crippen LogP contribution in [0.5, 0.6) is 5.75 Å². The summed E-state index contributed by atoms with van der Waals surface area (Å²) in [7, 11) is 1.57. The average Bonchev–Trinajstić information content (AvgIpc) is 3.27. The van der Waals surface area contributed by atoms with Crippen molar-refractivity contribution >= 4 is 17.2 Å². The molecule has 3 aromatic rings. The minimum absolute atomic E-state index is 0.197. The summed E-state index contributed by atoms with van der Waals surface area (Å²) in [6, 6.07) is 13.3. The number of benzene rings is 1. The van der Waals surface area contributed by atoms with E-state index in [1.807, 2.05) is 31.2 Å². The van der Waals surface area contributed by atoms with Crippen molar-refractivity contribution in [3.05, 3.63) is 80.4 Å². The normalized spacial score (nSPS) is 14.7. The monoisotopic (exact) mass is 423 g/mol. The minimum Gasteiger partial charge on any atom is -0.495 e. The molecule has 1 fully saturated rings. The van der Waals surface area contributed by atoms with Crippen LogP contribution in [0.25, 0.3) is 5.69 Å². The zero-order valence-electron chi connectivity index (χ0n) is 17.2. The Morgan fingerprint density at radius 3 is 2.53 bits per heavy atom. The Hall–Kier alpha value is -2.90. The summed E-state index contributed by atoms with van der Waals surface area (Å²) in [4.78, 5) is 32.0. The Labute approximate surface area is 179 Å². The number of hydrogen-bond acceptors (Lipinski definition) is 5. The number of piperazine rings is 1. The molecule has 2 aromatic heterocycles. The molecule has 6 nitrogen and oxygen atoms in total. The van der Waals surface area contributed by atoms with Gasteiger partial charge in [0.05, 0.1) is 12.8 Å². The number of rotatable bonds is 5. The van der Waals surface area contributed by atoms with Gasteiger partial charge in [-0.25, -0.2) is 0 Å². The van der Waals surface area contributed by atoms with Crippen LogP contribution in [0.15, 0.2) is 58.8 Å². The second-order valence-electron chi connectivity index (χ2n) is 7.37. The molecule has 156 valence electrons. The van der Waals surface area contributed by atoms with Crippen LogP contribution >= 0.6 is 11.3 Å². The lowest BCUT2D eigenvalue weighted by molar-refractivity contribution is 0.0627. The number of amides is 1. The second kappa shape index (κ2) is 8.85. The molecule has 1 aromatic carbocycles. The zero-order valence-corrected chi connectivity index (χ0v) is 18.0. The molecular weight excluding hydrogens is 398 g/mol. The van der Waals surface area contributed by atoms with Gasteiger partial charge in [0.2, 0.25) is 0 Å². The highest BCUT2D eigenvalue weighted by Gasteiger charge is 2.26. The van der Waals surface area contributed by atoms with Crippen LogP contribution in [0.3, 0.4) is 0 Å². The summed E-state index contributed by atoms with van der Waals surface area (Å²) < 4.78 is 6.89. The lowest BCUT2D eigenvalue weighted by Gasteiger charge is -2.34. The molecule has 0 N–H and O–H groups in total. The summed E-state index contributed by atoms with van der Waals surface area (Å²) in [6.07, 6.45) is 1.70. The molecule has 1 amide bonds. The molecular formula is C23H25N3O3S. The lowest BCUT2D eigenvalue weighted by Crippen LogP contribution is -2.49. The molecule has 1 saturated heterocycles. The largest absolute Gasteiger partial charge is 0.495 e. The molecule has 0 spiro atoms. The van der Waals surface area contributed by atoms with Crippen LogP contribution in [0.2, 0.25) is 0 Å². The predicted octanol–water partition coefficient (Wildman–Crippen LogP) is 3.17. The van der Waals surface area contributed by atoms with E-state index >= 15 is 0 Å². The highest BCUT2D eigenvalue weighted by molar-refractivity contribution is 7.09. The molecule has 7 heteroatoms. The van der Waals surface area contributed by atoms with Gasteiger partial charge in [-0.2, -0.15) is 0 Å². The third-order valence-corrected chi connectivity index (χ3v) is 6.34. The Morgan fingerprint density at radius 2 is 1.83 bits per heavy atom. The van der Waals surface area contributed by atoms with Crippen molar-refractivity contribution in [2.45, 2.75) is 13.5 Å². The van der Waals surface area contributed by atoms with Gasteiger partial charge in [0, 0.05) is 43.8 Å². The first-order valence-electron chi connectivity index (χ1n) is 9.98. The third-order valence-electron chi connectivity index (χ3n) is 5.48. The SMILES string of the molecule is COc1ccccc1-n1ccc(C)c(C(=O)N2CCN(Cc3cccs3)CC2)c1=O. The number of nitrogens with zero attached hydrogens (tertiary/aromatic N) is 3. The Kier molecular flexibility index (Phi) is 6.01. The van der Waals surface area contributed by atoms with E-state index in [9.17, 15) is 9.59 Å². The van der Waals surface area contributed by atoms with E-state index in [4.69, 9.17) is 4.74 Å².